The number of halogens is 3. The maximum atomic E-state index is 13.3. The molecule has 1 aliphatic heterocycles. The van der Waals surface area contributed by atoms with Crippen molar-refractivity contribution in [1.82, 2.24) is 25.0 Å². The maximum absolute atomic E-state index is 13.3. The molecule has 2 N–H and O–H groups in total. The number of pyridine rings is 1. The van der Waals surface area contributed by atoms with Gasteiger partial charge in [-0.1, -0.05) is 11.2 Å². The number of imidazole rings is 1. The van der Waals surface area contributed by atoms with Crippen molar-refractivity contribution in [3.05, 3.63) is 64.2 Å². The van der Waals surface area contributed by atoms with Crippen molar-refractivity contribution in [3.63, 3.8) is 0 Å². The smallest absolute Gasteiger partial charge is 0.488 e. The Morgan fingerprint density at radius 2 is 2.03 bits per heavy atom. The molecule has 198 valence electrons. The first-order valence-corrected chi connectivity index (χ1v) is 11.3. The summed E-state index contributed by atoms with van der Waals surface area (Å²) in [4.78, 5) is 43.8. The van der Waals surface area contributed by atoms with E-state index in [-0.39, 0.29) is 13.2 Å². The Balaban J connectivity index is 1.59. The third-order valence-corrected chi connectivity index (χ3v) is 6.27. The summed E-state index contributed by atoms with van der Waals surface area (Å²) in [5, 5.41) is 6.44. The topological polar surface area (TPSA) is 141 Å². The third-order valence-electron chi connectivity index (χ3n) is 6.27. The highest BCUT2D eigenvalue weighted by Crippen LogP contribution is 2.44. The average Bonchev–Trinajstić information content (AvgIpc) is 3.41. The molecule has 0 saturated heterocycles. The fourth-order valence-corrected chi connectivity index (χ4v) is 4.60. The zero-order valence-electron chi connectivity index (χ0n) is 20.0. The fraction of sp³-hybridized carbons (Fsp3) is 0.292. The number of H-pyrrole nitrogens is 1. The van der Waals surface area contributed by atoms with Crippen LogP contribution in [0.25, 0.3) is 22.2 Å². The predicted octanol–water partition coefficient (Wildman–Crippen LogP) is 2.35. The van der Waals surface area contributed by atoms with Gasteiger partial charge < -0.3 is 24.3 Å². The zero-order valence-corrected chi connectivity index (χ0v) is 20.0. The number of aryl methyl sites for hydroxylation is 2. The van der Waals surface area contributed by atoms with Crippen molar-refractivity contribution in [3.8, 4) is 16.9 Å². The van der Waals surface area contributed by atoms with Crippen LogP contribution in [0.1, 0.15) is 17.1 Å². The van der Waals surface area contributed by atoms with Gasteiger partial charge >= 0.3 is 17.8 Å². The number of rotatable bonds is 6. The molecule has 1 aliphatic rings. The van der Waals surface area contributed by atoms with Gasteiger partial charge in [0.1, 0.15) is 23.4 Å². The van der Waals surface area contributed by atoms with Crippen LogP contribution in [0, 0.1) is 13.8 Å². The van der Waals surface area contributed by atoms with Crippen LogP contribution < -0.4 is 15.7 Å². The molecule has 4 aromatic rings. The van der Waals surface area contributed by atoms with Crippen molar-refractivity contribution in [2.24, 2.45) is 0 Å². The minimum absolute atomic E-state index is 0.174. The fourth-order valence-electron chi connectivity index (χ4n) is 4.60. The number of amides is 1. The number of aromatic nitrogens is 4. The molecule has 1 aromatic carbocycles. The molecule has 14 heteroatoms. The highest BCUT2D eigenvalue weighted by molar-refractivity contribution is 5.92. The maximum Gasteiger partial charge on any atom is 0.490 e. The Bertz CT molecular complexity index is 1590. The third kappa shape index (κ3) is 4.07. The number of benzene rings is 1. The Morgan fingerprint density at radius 3 is 2.68 bits per heavy atom. The number of carbonyl (C=O) groups excluding carboxylic acids is 2. The molecule has 1 atom stereocenters. The molecule has 1 amide bonds. The predicted molar refractivity (Wildman–Crippen MR) is 124 cm³/mol. The highest BCUT2D eigenvalue weighted by Gasteiger charge is 2.45. The summed E-state index contributed by atoms with van der Waals surface area (Å²) < 4.78 is 54.3. The first-order valence-electron chi connectivity index (χ1n) is 11.3. The number of hydrogen-bond donors (Lipinski definition) is 2. The molecule has 4 heterocycles. The van der Waals surface area contributed by atoms with E-state index in [4.69, 9.17) is 9.26 Å². The van der Waals surface area contributed by atoms with E-state index < -0.39 is 35.9 Å². The van der Waals surface area contributed by atoms with Gasteiger partial charge in [0.25, 0.3) is 5.91 Å². The molecule has 11 nitrogen and oxygen atoms in total. The Morgan fingerprint density at radius 1 is 1.24 bits per heavy atom. The number of ether oxygens (including phenoxy) is 2. The Labute approximate surface area is 211 Å². The molecular formula is C24H20F3N5O6. The van der Waals surface area contributed by atoms with Gasteiger partial charge in [-0.05, 0) is 38.1 Å². The molecule has 0 aliphatic carbocycles. The Hall–Kier alpha value is -4.62. The van der Waals surface area contributed by atoms with Gasteiger partial charge in [-0.15, -0.1) is 0 Å². The van der Waals surface area contributed by atoms with E-state index in [1.54, 1.807) is 44.2 Å². The van der Waals surface area contributed by atoms with Crippen LogP contribution in [0.3, 0.4) is 0 Å². The SMILES string of the molecule is Cc1noc(C)c1-c1ccc2[nH]c(=O)n3c2c1OCC3(CNC(=O)COC(=O)C(F)(F)F)c1ccccn1. The second-order valence-electron chi connectivity index (χ2n) is 8.69. The monoisotopic (exact) mass is 531 g/mol. The van der Waals surface area contributed by atoms with Crippen molar-refractivity contribution >= 4 is 22.9 Å². The zero-order chi connectivity index (χ0) is 27.2. The molecule has 0 spiro atoms. The quantitative estimate of drug-likeness (QED) is 0.361. The number of alkyl halides is 3. The van der Waals surface area contributed by atoms with E-state index in [9.17, 15) is 27.6 Å². The molecule has 0 radical (unpaired) electrons. The van der Waals surface area contributed by atoms with Gasteiger partial charge in [0.2, 0.25) is 0 Å². The van der Waals surface area contributed by atoms with Crippen LogP contribution >= 0.6 is 0 Å². The van der Waals surface area contributed by atoms with Gasteiger partial charge in [0.15, 0.2) is 12.4 Å². The van der Waals surface area contributed by atoms with E-state index in [1.807, 2.05) is 0 Å². The van der Waals surface area contributed by atoms with E-state index in [0.717, 1.165) is 0 Å². The minimum atomic E-state index is -5.24. The molecule has 0 fully saturated rings. The lowest BCUT2D eigenvalue weighted by atomic mass is 9.92. The van der Waals surface area contributed by atoms with E-state index in [0.29, 0.717) is 45.1 Å². The number of hydrogen-bond acceptors (Lipinski definition) is 8. The van der Waals surface area contributed by atoms with Gasteiger partial charge in [-0.25, -0.2) is 9.59 Å². The van der Waals surface area contributed by atoms with Gasteiger partial charge in [-0.2, -0.15) is 13.2 Å². The van der Waals surface area contributed by atoms with Crippen LogP contribution in [0.5, 0.6) is 5.75 Å². The summed E-state index contributed by atoms with van der Waals surface area (Å²) in [6.07, 6.45) is -3.74. The molecule has 3 aromatic heterocycles. The lowest BCUT2D eigenvalue weighted by molar-refractivity contribution is -0.200. The molecule has 0 bridgehead atoms. The molecule has 38 heavy (non-hydrogen) atoms. The molecule has 0 saturated carbocycles. The molecular weight excluding hydrogens is 511 g/mol. The van der Waals surface area contributed by atoms with Crippen molar-refractivity contribution in [1.29, 1.82) is 0 Å². The summed E-state index contributed by atoms with van der Waals surface area (Å²) in [5.74, 6) is -2.56. The second kappa shape index (κ2) is 9.04. The number of nitrogens with one attached hydrogen (secondary N) is 2. The first kappa shape index (κ1) is 25.0. The van der Waals surface area contributed by atoms with Crippen molar-refractivity contribution in [2.75, 3.05) is 19.8 Å². The molecule has 5 rings (SSSR count). The lowest BCUT2D eigenvalue weighted by Crippen LogP contribution is -2.55. The second-order valence-corrected chi connectivity index (χ2v) is 8.69. The van der Waals surface area contributed by atoms with Crippen LogP contribution in [0.15, 0.2) is 45.8 Å². The summed E-state index contributed by atoms with van der Waals surface area (Å²) in [6, 6.07) is 8.45. The molecule has 1 unspecified atom stereocenters. The standard InChI is InChI=1S/C24H20F3N5O6/c1-12-18(13(2)38-31-12)14-6-7-15-19-20(14)37-11-23(32(19)22(35)30-15,16-5-3-4-8-28-16)10-29-17(33)9-36-21(34)24(25,26)27/h3-8H,9-11H2,1-2H3,(H,29,33)(H,30,35). The Kier molecular flexibility index (Phi) is 5.96. The van der Waals surface area contributed by atoms with E-state index in [1.165, 1.54) is 10.8 Å². The summed E-state index contributed by atoms with van der Waals surface area (Å²) in [6.45, 7) is 1.87. The van der Waals surface area contributed by atoms with Gasteiger partial charge in [0.05, 0.1) is 29.0 Å². The minimum Gasteiger partial charge on any atom is -0.488 e. The van der Waals surface area contributed by atoms with Crippen LogP contribution in [-0.4, -0.2) is 57.5 Å². The van der Waals surface area contributed by atoms with Gasteiger partial charge in [-0.3, -0.25) is 14.3 Å². The number of nitrogens with zero attached hydrogens (tertiary/aromatic N) is 3. The van der Waals surface area contributed by atoms with E-state index >= 15 is 0 Å². The normalized spacial score (nSPS) is 16.8. The number of esters is 1. The van der Waals surface area contributed by atoms with Crippen LogP contribution in [-0.2, 0) is 19.9 Å². The largest absolute Gasteiger partial charge is 0.490 e. The average molecular weight is 531 g/mol. The van der Waals surface area contributed by atoms with Crippen molar-refractivity contribution in [2.45, 2.75) is 25.6 Å². The van der Waals surface area contributed by atoms with Crippen LogP contribution in [0.4, 0.5) is 13.2 Å². The number of aromatic amines is 1. The summed E-state index contributed by atoms with van der Waals surface area (Å²) in [7, 11) is 0. The lowest BCUT2D eigenvalue weighted by Gasteiger charge is -2.38. The summed E-state index contributed by atoms with van der Waals surface area (Å²) in [5.41, 5.74) is 1.23. The van der Waals surface area contributed by atoms with Crippen molar-refractivity contribution < 1.29 is 36.8 Å². The van der Waals surface area contributed by atoms with Gasteiger partial charge in [0, 0.05) is 11.8 Å². The number of carbonyl (C=O) groups is 2. The first-order chi connectivity index (χ1) is 18.0. The van der Waals surface area contributed by atoms with Crippen LogP contribution in [0.2, 0.25) is 0 Å². The van der Waals surface area contributed by atoms with E-state index in [2.05, 4.69) is 25.2 Å². The highest BCUT2D eigenvalue weighted by atomic mass is 19.4. The summed E-state index contributed by atoms with van der Waals surface area (Å²) >= 11 is 0.